The van der Waals surface area contributed by atoms with Crippen LogP contribution in [0, 0.1) is 6.92 Å². The van der Waals surface area contributed by atoms with Crippen LogP contribution in [0.5, 0.6) is 0 Å². The number of nitrogens with zero attached hydrogens (tertiary/aromatic N) is 3. The van der Waals surface area contributed by atoms with Crippen molar-refractivity contribution >= 4 is 16.9 Å². The lowest BCUT2D eigenvalue weighted by atomic mass is 9.65. The van der Waals surface area contributed by atoms with Crippen molar-refractivity contribution in [3.63, 3.8) is 0 Å². The monoisotopic (exact) mass is 319 g/mol. The molecule has 1 aliphatic heterocycles. The zero-order valence-corrected chi connectivity index (χ0v) is 13.9. The first kappa shape index (κ1) is 14.0. The molecule has 2 aliphatic rings. The first-order chi connectivity index (χ1) is 11.7. The molecule has 5 nitrogen and oxygen atoms in total. The number of aryl methyl sites for hydroxylation is 2. The molecule has 0 atom stereocenters. The molecule has 4 heterocycles. The van der Waals surface area contributed by atoms with Crippen molar-refractivity contribution < 1.29 is 0 Å². The SMILES string of the molecule is Cc1cnc2nc(C3(c4ccc5c(n4)CCCN5)CCC3)[nH]c2c1. The van der Waals surface area contributed by atoms with Crippen LogP contribution in [-0.4, -0.2) is 26.5 Å². The van der Waals surface area contributed by atoms with E-state index in [0.717, 1.165) is 60.5 Å². The fourth-order valence-corrected chi connectivity index (χ4v) is 3.97. The summed E-state index contributed by atoms with van der Waals surface area (Å²) < 4.78 is 0. The Morgan fingerprint density at radius 1 is 1.12 bits per heavy atom. The van der Waals surface area contributed by atoms with Crippen LogP contribution in [0.2, 0.25) is 0 Å². The van der Waals surface area contributed by atoms with Gasteiger partial charge in [0.15, 0.2) is 5.65 Å². The third kappa shape index (κ3) is 1.97. The summed E-state index contributed by atoms with van der Waals surface area (Å²) in [7, 11) is 0. The maximum absolute atomic E-state index is 5.03. The van der Waals surface area contributed by atoms with Crippen molar-refractivity contribution in [2.24, 2.45) is 0 Å². The lowest BCUT2D eigenvalue weighted by Gasteiger charge is -2.40. The Labute approximate surface area is 140 Å². The van der Waals surface area contributed by atoms with Gasteiger partial charge in [-0.15, -0.1) is 0 Å². The van der Waals surface area contributed by atoms with E-state index in [0.29, 0.717) is 0 Å². The third-order valence-electron chi connectivity index (χ3n) is 5.50. The van der Waals surface area contributed by atoms with Crippen LogP contribution < -0.4 is 5.32 Å². The summed E-state index contributed by atoms with van der Waals surface area (Å²) >= 11 is 0. The van der Waals surface area contributed by atoms with Gasteiger partial charge in [0.1, 0.15) is 5.82 Å². The van der Waals surface area contributed by atoms with Crippen molar-refractivity contribution in [1.29, 1.82) is 0 Å². The molecule has 3 aromatic heterocycles. The lowest BCUT2D eigenvalue weighted by molar-refractivity contribution is 0.279. The zero-order valence-electron chi connectivity index (χ0n) is 13.9. The molecule has 5 rings (SSSR count). The Bertz CT molecular complexity index is 923. The maximum atomic E-state index is 5.03. The Morgan fingerprint density at radius 2 is 2.04 bits per heavy atom. The summed E-state index contributed by atoms with van der Waals surface area (Å²) in [6, 6.07) is 6.50. The average Bonchev–Trinajstić information content (AvgIpc) is 2.96. The number of H-pyrrole nitrogens is 1. The molecule has 0 radical (unpaired) electrons. The molecule has 122 valence electrons. The molecule has 5 heteroatoms. The Hall–Kier alpha value is -2.43. The first-order valence-corrected chi connectivity index (χ1v) is 8.82. The van der Waals surface area contributed by atoms with E-state index in [1.807, 2.05) is 6.20 Å². The minimum atomic E-state index is -0.0684. The van der Waals surface area contributed by atoms with Crippen molar-refractivity contribution in [1.82, 2.24) is 19.9 Å². The molecule has 1 aliphatic carbocycles. The highest BCUT2D eigenvalue weighted by molar-refractivity contribution is 5.71. The molecule has 2 N–H and O–H groups in total. The fraction of sp³-hybridized carbons (Fsp3) is 0.421. The van der Waals surface area contributed by atoms with Gasteiger partial charge in [0.05, 0.1) is 28.0 Å². The number of imidazole rings is 1. The van der Waals surface area contributed by atoms with E-state index in [-0.39, 0.29) is 5.41 Å². The number of rotatable bonds is 2. The van der Waals surface area contributed by atoms with Crippen LogP contribution in [0.25, 0.3) is 11.2 Å². The van der Waals surface area contributed by atoms with E-state index in [4.69, 9.17) is 9.97 Å². The molecule has 0 amide bonds. The summed E-state index contributed by atoms with van der Waals surface area (Å²) in [5, 5.41) is 3.45. The number of aromatic nitrogens is 4. The van der Waals surface area contributed by atoms with Crippen LogP contribution in [0.4, 0.5) is 5.69 Å². The predicted molar refractivity (Wildman–Crippen MR) is 94.3 cm³/mol. The standard InChI is InChI=1S/C19H21N5/c1-12-10-15-17(21-11-12)24-18(23-15)19(7-3-8-19)16-6-5-13-14(22-16)4-2-9-20-13/h5-6,10-11,20H,2-4,7-9H2,1H3,(H,21,23,24). The second kappa shape index (κ2) is 5.03. The quantitative estimate of drug-likeness (QED) is 0.759. The van der Waals surface area contributed by atoms with Gasteiger partial charge < -0.3 is 10.3 Å². The Morgan fingerprint density at radius 3 is 2.88 bits per heavy atom. The van der Waals surface area contributed by atoms with E-state index in [9.17, 15) is 0 Å². The number of pyridine rings is 2. The minimum Gasteiger partial charge on any atom is -0.384 e. The van der Waals surface area contributed by atoms with Gasteiger partial charge in [0.25, 0.3) is 0 Å². The molecular formula is C19H21N5. The van der Waals surface area contributed by atoms with Gasteiger partial charge in [-0.25, -0.2) is 9.97 Å². The van der Waals surface area contributed by atoms with Crippen LogP contribution in [-0.2, 0) is 11.8 Å². The molecule has 0 unspecified atom stereocenters. The van der Waals surface area contributed by atoms with Crippen molar-refractivity contribution in [2.75, 3.05) is 11.9 Å². The maximum Gasteiger partial charge on any atom is 0.177 e. The number of hydrogen-bond donors (Lipinski definition) is 2. The molecule has 1 fully saturated rings. The van der Waals surface area contributed by atoms with Crippen molar-refractivity contribution in [3.05, 3.63) is 47.2 Å². The highest BCUT2D eigenvalue weighted by atomic mass is 15.0. The van der Waals surface area contributed by atoms with E-state index < -0.39 is 0 Å². The number of fused-ring (bicyclic) bond motifs is 2. The number of hydrogen-bond acceptors (Lipinski definition) is 4. The molecule has 0 bridgehead atoms. The van der Waals surface area contributed by atoms with E-state index in [1.165, 1.54) is 17.8 Å². The zero-order chi connectivity index (χ0) is 16.1. The molecule has 0 aromatic carbocycles. The van der Waals surface area contributed by atoms with Crippen LogP contribution in [0.15, 0.2) is 24.4 Å². The van der Waals surface area contributed by atoms with Crippen LogP contribution in [0.1, 0.15) is 48.5 Å². The summed E-state index contributed by atoms with van der Waals surface area (Å²) in [6.07, 6.45) is 7.52. The number of anilines is 1. The lowest BCUT2D eigenvalue weighted by Crippen LogP contribution is -2.38. The molecule has 0 saturated heterocycles. The van der Waals surface area contributed by atoms with Gasteiger partial charge in [0, 0.05) is 12.7 Å². The summed E-state index contributed by atoms with van der Waals surface area (Å²) in [6.45, 7) is 3.11. The van der Waals surface area contributed by atoms with Gasteiger partial charge >= 0.3 is 0 Å². The second-order valence-corrected chi connectivity index (χ2v) is 7.13. The van der Waals surface area contributed by atoms with Gasteiger partial charge in [-0.05, 0) is 56.4 Å². The highest BCUT2D eigenvalue weighted by Crippen LogP contribution is 2.47. The summed E-state index contributed by atoms with van der Waals surface area (Å²) in [4.78, 5) is 17.8. The number of aromatic amines is 1. The second-order valence-electron chi connectivity index (χ2n) is 7.13. The van der Waals surface area contributed by atoms with E-state index in [2.05, 4.69) is 40.4 Å². The Kier molecular flexibility index (Phi) is 2.93. The molecule has 3 aromatic rings. The summed E-state index contributed by atoms with van der Waals surface area (Å²) in [5.74, 6) is 1.03. The van der Waals surface area contributed by atoms with E-state index in [1.54, 1.807) is 0 Å². The van der Waals surface area contributed by atoms with Crippen LogP contribution >= 0.6 is 0 Å². The largest absolute Gasteiger partial charge is 0.384 e. The fourth-order valence-electron chi connectivity index (χ4n) is 3.97. The first-order valence-electron chi connectivity index (χ1n) is 8.82. The third-order valence-corrected chi connectivity index (χ3v) is 5.50. The van der Waals surface area contributed by atoms with Crippen molar-refractivity contribution in [2.45, 2.75) is 44.4 Å². The van der Waals surface area contributed by atoms with Gasteiger partial charge in [-0.1, -0.05) is 6.42 Å². The molecule has 24 heavy (non-hydrogen) atoms. The van der Waals surface area contributed by atoms with Gasteiger partial charge in [-0.3, -0.25) is 4.98 Å². The minimum absolute atomic E-state index is 0.0684. The topological polar surface area (TPSA) is 66.5 Å². The predicted octanol–water partition coefficient (Wildman–Crippen LogP) is 3.49. The summed E-state index contributed by atoms with van der Waals surface area (Å²) in [5.41, 5.74) is 6.47. The highest BCUT2D eigenvalue weighted by Gasteiger charge is 2.44. The Balaban J connectivity index is 1.62. The molecular weight excluding hydrogens is 298 g/mol. The molecule has 1 saturated carbocycles. The number of nitrogens with one attached hydrogen (secondary N) is 2. The van der Waals surface area contributed by atoms with Crippen molar-refractivity contribution in [3.8, 4) is 0 Å². The normalized spacial score (nSPS) is 18.7. The smallest absolute Gasteiger partial charge is 0.177 e. The van der Waals surface area contributed by atoms with Gasteiger partial charge in [0.2, 0.25) is 0 Å². The van der Waals surface area contributed by atoms with Gasteiger partial charge in [-0.2, -0.15) is 0 Å². The van der Waals surface area contributed by atoms with E-state index >= 15 is 0 Å². The average molecular weight is 319 g/mol. The molecule has 0 spiro atoms. The van der Waals surface area contributed by atoms with Crippen LogP contribution in [0.3, 0.4) is 0 Å².